The molecule has 0 saturated carbocycles. The average molecular weight is 348 g/mol. The van der Waals surface area contributed by atoms with E-state index >= 15 is 0 Å². The molecule has 3 nitrogen and oxygen atoms in total. The summed E-state index contributed by atoms with van der Waals surface area (Å²) in [6.45, 7) is 5.21. The van der Waals surface area contributed by atoms with Crippen LogP contribution in [0, 0.1) is 13.8 Å². The van der Waals surface area contributed by atoms with E-state index in [1.54, 1.807) is 11.9 Å². The van der Waals surface area contributed by atoms with Gasteiger partial charge in [0.15, 0.2) is 0 Å². The number of fused-ring (bicyclic) bond motifs is 1. The smallest absolute Gasteiger partial charge is 0.148 e. The molecule has 2 aliphatic rings. The molecule has 0 amide bonds. The first-order chi connectivity index (χ1) is 12.2. The zero-order valence-corrected chi connectivity index (χ0v) is 15.2. The molecule has 0 fully saturated rings. The Labute approximate surface area is 152 Å². The fourth-order valence-corrected chi connectivity index (χ4v) is 3.61. The van der Waals surface area contributed by atoms with Crippen LogP contribution in [0.15, 0.2) is 65.2 Å². The van der Waals surface area contributed by atoms with E-state index in [1.807, 2.05) is 18.2 Å². The second kappa shape index (κ2) is 6.81. The van der Waals surface area contributed by atoms with Crippen molar-refractivity contribution in [3.05, 3.63) is 77.5 Å². The lowest BCUT2D eigenvalue weighted by Gasteiger charge is -2.29. The molecule has 126 valence electrons. The predicted molar refractivity (Wildman–Crippen MR) is 106 cm³/mol. The minimum absolute atomic E-state index is 0.843. The van der Waals surface area contributed by atoms with Crippen LogP contribution in [0.5, 0.6) is 11.5 Å². The Bertz CT molecular complexity index is 881. The molecule has 2 aliphatic heterocycles. The van der Waals surface area contributed by atoms with Gasteiger partial charge in [0, 0.05) is 24.1 Å². The molecule has 2 aromatic rings. The molecule has 25 heavy (non-hydrogen) atoms. The minimum atomic E-state index is 0.843. The quantitative estimate of drug-likeness (QED) is 0.697. The summed E-state index contributed by atoms with van der Waals surface area (Å²) in [4.78, 5) is 2.21. The van der Waals surface area contributed by atoms with Crippen molar-refractivity contribution in [2.45, 2.75) is 13.8 Å². The van der Waals surface area contributed by atoms with Crippen molar-refractivity contribution in [3.63, 3.8) is 0 Å². The zero-order chi connectivity index (χ0) is 17.2. The van der Waals surface area contributed by atoms with Gasteiger partial charge in [-0.05, 0) is 78.9 Å². The molecule has 0 saturated heterocycles. The third-order valence-corrected chi connectivity index (χ3v) is 5.16. The van der Waals surface area contributed by atoms with Crippen LogP contribution in [0.2, 0.25) is 0 Å². The molecular formula is C21H20N2OS. The summed E-state index contributed by atoms with van der Waals surface area (Å²) in [7, 11) is 0. The van der Waals surface area contributed by atoms with Gasteiger partial charge in [-0.3, -0.25) is 0 Å². The maximum Gasteiger partial charge on any atom is 0.148 e. The Balaban J connectivity index is 1.56. The van der Waals surface area contributed by atoms with Crippen LogP contribution in [-0.4, -0.2) is 23.0 Å². The van der Waals surface area contributed by atoms with Crippen molar-refractivity contribution in [1.82, 2.24) is 4.90 Å². The summed E-state index contributed by atoms with van der Waals surface area (Å²) in [6, 6.07) is 14.4. The number of rotatable bonds is 3. The fraction of sp³-hybridized carbons (Fsp3) is 0.190. The van der Waals surface area contributed by atoms with Crippen molar-refractivity contribution in [2.75, 3.05) is 12.3 Å². The van der Waals surface area contributed by atoms with Gasteiger partial charge >= 0.3 is 0 Å². The summed E-state index contributed by atoms with van der Waals surface area (Å²) >= 11 is 1.63. The number of aryl methyl sites for hydroxylation is 2. The van der Waals surface area contributed by atoms with Crippen LogP contribution in [0.25, 0.3) is 5.57 Å². The standard InChI is InChI=1S/C21H20N2OS/c1-15-5-8-19(14-16(15)2)24-18-9-6-17(7-10-18)20-4-3-11-23-12-13-25-22-21(20)23/h3-11,14H,12-13H2,1-2H3. The third kappa shape index (κ3) is 3.35. The first kappa shape index (κ1) is 16.0. The molecule has 0 bridgehead atoms. The molecule has 0 atom stereocenters. The van der Waals surface area contributed by atoms with E-state index in [1.165, 1.54) is 11.1 Å². The van der Waals surface area contributed by atoms with Crippen molar-refractivity contribution in [3.8, 4) is 11.5 Å². The zero-order valence-electron chi connectivity index (χ0n) is 14.4. The number of nitrogens with zero attached hydrogens (tertiary/aromatic N) is 2. The number of hydrogen-bond acceptors (Lipinski definition) is 4. The van der Waals surface area contributed by atoms with Gasteiger partial charge in [0.25, 0.3) is 0 Å². The van der Waals surface area contributed by atoms with Gasteiger partial charge in [-0.15, -0.1) is 0 Å². The highest BCUT2D eigenvalue weighted by Crippen LogP contribution is 2.29. The van der Waals surface area contributed by atoms with E-state index < -0.39 is 0 Å². The number of hydrogen-bond donors (Lipinski definition) is 0. The Morgan fingerprint density at radius 3 is 2.60 bits per heavy atom. The Morgan fingerprint density at radius 1 is 1.00 bits per heavy atom. The lowest BCUT2D eigenvalue weighted by Crippen LogP contribution is -2.32. The molecule has 2 heterocycles. The average Bonchev–Trinajstić information content (AvgIpc) is 2.65. The number of allylic oxidation sites excluding steroid dienone is 2. The van der Waals surface area contributed by atoms with Crippen molar-refractivity contribution in [2.24, 2.45) is 4.40 Å². The van der Waals surface area contributed by atoms with Gasteiger partial charge in [0.2, 0.25) is 0 Å². The SMILES string of the molecule is Cc1ccc(Oc2ccc(C3=CC=CN4CCSN=C34)cc2)cc1C. The summed E-state index contributed by atoms with van der Waals surface area (Å²) in [6.07, 6.45) is 6.31. The highest BCUT2D eigenvalue weighted by Gasteiger charge is 2.21. The van der Waals surface area contributed by atoms with Crippen LogP contribution < -0.4 is 4.74 Å². The minimum Gasteiger partial charge on any atom is -0.457 e. The third-order valence-electron chi connectivity index (χ3n) is 4.50. The maximum absolute atomic E-state index is 5.98. The highest BCUT2D eigenvalue weighted by atomic mass is 32.2. The molecule has 0 radical (unpaired) electrons. The van der Waals surface area contributed by atoms with Gasteiger partial charge < -0.3 is 9.64 Å². The molecule has 0 aromatic heterocycles. The Hall–Kier alpha value is -2.46. The van der Waals surface area contributed by atoms with E-state index in [0.29, 0.717) is 0 Å². The van der Waals surface area contributed by atoms with E-state index in [4.69, 9.17) is 4.74 Å². The van der Waals surface area contributed by atoms with Crippen LogP contribution in [0.4, 0.5) is 0 Å². The van der Waals surface area contributed by atoms with E-state index in [2.05, 4.69) is 65.8 Å². The van der Waals surface area contributed by atoms with Crippen molar-refractivity contribution >= 4 is 23.4 Å². The van der Waals surface area contributed by atoms with Gasteiger partial charge in [0.05, 0.1) is 0 Å². The normalized spacial score (nSPS) is 16.2. The van der Waals surface area contributed by atoms with Crippen molar-refractivity contribution < 1.29 is 4.74 Å². The topological polar surface area (TPSA) is 24.8 Å². The second-order valence-electron chi connectivity index (χ2n) is 6.24. The van der Waals surface area contributed by atoms with Crippen LogP contribution in [0.3, 0.4) is 0 Å². The van der Waals surface area contributed by atoms with Gasteiger partial charge in [-0.25, -0.2) is 0 Å². The van der Waals surface area contributed by atoms with Crippen molar-refractivity contribution in [1.29, 1.82) is 0 Å². The molecule has 2 aromatic carbocycles. The molecule has 0 spiro atoms. The van der Waals surface area contributed by atoms with Crippen LogP contribution >= 0.6 is 11.9 Å². The maximum atomic E-state index is 5.98. The first-order valence-electron chi connectivity index (χ1n) is 8.42. The van der Waals surface area contributed by atoms with Gasteiger partial charge in [-0.2, -0.15) is 4.40 Å². The molecule has 4 rings (SSSR count). The number of amidine groups is 1. The van der Waals surface area contributed by atoms with Crippen LogP contribution in [0.1, 0.15) is 16.7 Å². The summed E-state index contributed by atoms with van der Waals surface area (Å²) in [5, 5.41) is 0. The molecular weight excluding hydrogens is 328 g/mol. The highest BCUT2D eigenvalue weighted by molar-refractivity contribution is 7.98. The van der Waals surface area contributed by atoms with Gasteiger partial charge in [-0.1, -0.05) is 18.2 Å². The summed E-state index contributed by atoms with van der Waals surface area (Å²) < 4.78 is 10.6. The van der Waals surface area contributed by atoms with E-state index in [9.17, 15) is 0 Å². The predicted octanol–water partition coefficient (Wildman–Crippen LogP) is 5.37. The first-order valence-corrected chi connectivity index (χ1v) is 9.36. The number of ether oxygens (including phenoxy) is 1. The lowest BCUT2D eigenvalue weighted by molar-refractivity contribution is 0.482. The van der Waals surface area contributed by atoms with E-state index in [-0.39, 0.29) is 0 Å². The summed E-state index contributed by atoms with van der Waals surface area (Å²) in [5.74, 6) is 3.79. The second-order valence-corrected chi connectivity index (χ2v) is 7.08. The fourth-order valence-electron chi connectivity index (χ4n) is 2.91. The largest absolute Gasteiger partial charge is 0.457 e. The van der Waals surface area contributed by atoms with Gasteiger partial charge in [0.1, 0.15) is 17.3 Å². The Morgan fingerprint density at radius 2 is 1.80 bits per heavy atom. The van der Waals surface area contributed by atoms with E-state index in [0.717, 1.165) is 40.8 Å². The van der Waals surface area contributed by atoms with Crippen LogP contribution in [-0.2, 0) is 0 Å². The molecule has 0 N–H and O–H groups in total. The Kier molecular flexibility index (Phi) is 4.36. The lowest BCUT2D eigenvalue weighted by atomic mass is 10.0. The summed E-state index contributed by atoms with van der Waals surface area (Å²) in [5.41, 5.74) is 4.83. The molecule has 0 aliphatic carbocycles. The molecule has 0 unspecified atom stereocenters. The number of benzene rings is 2. The molecule has 4 heteroatoms. The monoisotopic (exact) mass is 348 g/mol.